The van der Waals surface area contributed by atoms with Crippen LogP contribution in [0.5, 0.6) is 0 Å². The number of thiophene rings is 1. The van der Waals surface area contributed by atoms with Crippen molar-refractivity contribution in [3.8, 4) is 61.5 Å². The van der Waals surface area contributed by atoms with Gasteiger partial charge in [0.25, 0.3) is 0 Å². The van der Waals surface area contributed by atoms with Crippen molar-refractivity contribution in [2.24, 2.45) is 0 Å². The smallest absolute Gasteiger partial charge is 0.238 e. The van der Waals surface area contributed by atoms with Crippen LogP contribution in [0.15, 0.2) is 188 Å². The minimum absolute atomic E-state index is 0.588. The molecule has 0 aliphatic heterocycles. The molecule has 8 aromatic carbocycles. The molecule has 59 heavy (non-hydrogen) atoms. The number of rotatable bonds is 6. The van der Waals surface area contributed by atoms with Crippen LogP contribution in [-0.4, -0.2) is 24.5 Å². The van der Waals surface area contributed by atoms with Gasteiger partial charge in [-0.1, -0.05) is 140 Å². The SMILES string of the molecule is c1ccc(-c2nc(-c3cccc(-c4cccc5c4sc4ccc(-c6cccc(-c7nc8ccccc8s7)c6)cc45)c3)nc(-n3c4ccccc4c4ccccc43)n2)cc1. The average Bonchev–Trinajstić information content (AvgIpc) is 4.01. The van der Waals surface area contributed by atoms with Crippen LogP contribution in [0.4, 0.5) is 0 Å². The van der Waals surface area contributed by atoms with E-state index >= 15 is 0 Å². The Morgan fingerprint density at radius 3 is 1.78 bits per heavy atom. The summed E-state index contributed by atoms with van der Waals surface area (Å²) in [4.78, 5) is 20.4. The summed E-state index contributed by atoms with van der Waals surface area (Å²) in [5, 5.41) is 5.87. The molecule has 5 nitrogen and oxygen atoms in total. The van der Waals surface area contributed by atoms with Crippen molar-refractivity contribution in [1.82, 2.24) is 24.5 Å². The van der Waals surface area contributed by atoms with Gasteiger partial charge in [-0.25, -0.2) is 9.97 Å². The van der Waals surface area contributed by atoms with Gasteiger partial charge in [0.05, 0.1) is 21.3 Å². The van der Waals surface area contributed by atoms with E-state index in [4.69, 9.17) is 19.9 Å². The van der Waals surface area contributed by atoms with Crippen molar-refractivity contribution < 1.29 is 0 Å². The molecule has 0 amide bonds. The normalized spacial score (nSPS) is 11.7. The maximum atomic E-state index is 5.22. The van der Waals surface area contributed by atoms with E-state index in [9.17, 15) is 0 Å². The Morgan fingerprint density at radius 2 is 0.966 bits per heavy atom. The van der Waals surface area contributed by atoms with Crippen molar-refractivity contribution >= 4 is 74.9 Å². The number of aromatic nitrogens is 5. The number of nitrogens with zero attached hydrogens (tertiary/aromatic N) is 5. The van der Waals surface area contributed by atoms with Gasteiger partial charge in [0.2, 0.25) is 5.95 Å². The first kappa shape index (κ1) is 33.8. The van der Waals surface area contributed by atoms with Crippen LogP contribution in [0.2, 0.25) is 0 Å². The van der Waals surface area contributed by atoms with Crippen molar-refractivity contribution in [2.75, 3.05) is 0 Å². The molecule has 0 saturated carbocycles. The molecule has 0 fully saturated rings. The van der Waals surface area contributed by atoms with Crippen LogP contribution in [0.3, 0.4) is 0 Å². The number of para-hydroxylation sites is 3. The molecule has 0 saturated heterocycles. The standard InChI is InChI=1S/C52H31N5S2/c1-2-13-32(14-3-1)49-54-50(56-52(55-49)57-44-24-7-4-19-39(44)40-20-5-8-25-45(40)57)36-17-11-16-35(30-36)38-21-12-22-41-42-31-34(27-28-46(42)58-48(38)41)33-15-10-18-37(29-33)51-53-43-23-6-9-26-47(43)59-51/h1-31H. The van der Waals surface area contributed by atoms with E-state index in [-0.39, 0.29) is 0 Å². The molecule has 12 rings (SSSR count). The molecular weight excluding hydrogens is 759 g/mol. The van der Waals surface area contributed by atoms with E-state index in [1.54, 1.807) is 11.3 Å². The lowest BCUT2D eigenvalue weighted by atomic mass is 9.98. The van der Waals surface area contributed by atoms with Crippen LogP contribution in [-0.2, 0) is 0 Å². The summed E-state index contributed by atoms with van der Waals surface area (Å²) in [6.45, 7) is 0. The maximum absolute atomic E-state index is 5.22. The molecule has 0 unspecified atom stereocenters. The van der Waals surface area contributed by atoms with Crippen molar-refractivity contribution in [3.63, 3.8) is 0 Å². The molecule has 0 N–H and O–H groups in total. The summed E-state index contributed by atoms with van der Waals surface area (Å²) in [5.74, 6) is 1.84. The third kappa shape index (κ3) is 5.74. The Kier molecular flexibility index (Phi) is 7.82. The Bertz CT molecular complexity index is 3490. The maximum Gasteiger partial charge on any atom is 0.238 e. The number of hydrogen-bond donors (Lipinski definition) is 0. The van der Waals surface area contributed by atoms with Gasteiger partial charge in [-0.15, -0.1) is 22.7 Å². The number of fused-ring (bicyclic) bond motifs is 7. The summed E-state index contributed by atoms with van der Waals surface area (Å²) >= 11 is 3.58. The van der Waals surface area contributed by atoms with Gasteiger partial charge in [0.1, 0.15) is 5.01 Å². The molecule has 4 heterocycles. The monoisotopic (exact) mass is 789 g/mol. The van der Waals surface area contributed by atoms with Crippen molar-refractivity contribution in [1.29, 1.82) is 0 Å². The van der Waals surface area contributed by atoms with Crippen molar-refractivity contribution in [3.05, 3.63) is 188 Å². The third-order valence-corrected chi connectivity index (χ3v) is 13.4. The Hall–Kier alpha value is -7.32. The number of thiazole rings is 1. The third-order valence-electron chi connectivity index (χ3n) is 11.1. The highest BCUT2D eigenvalue weighted by Crippen LogP contribution is 2.43. The van der Waals surface area contributed by atoms with Crippen molar-refractivity contribution in [2.45, 2.75) is 0 Å². The molecule has 0 bridgehead atoms. The quantitative estimate of drug-likeness (QED) is 0.168. The summed E-state index contributed by atoms with van der Waals surface area (Å²) in [6, 6.07) is 66.3. The van der Waals surface area contributed by atoms with Gasteiger partial charge in [-0.2, -0.15) is 9.97 Å². The van der Waals surface area contributed by atoms with Gasteiger partial charge in [0, 0.05) is 47.6 Å². The second-order valence-electron chi connectivity index (χ2n) is 14.7. The molecule has 12 aromatic rings. The molecule has 0 aliphatic rings. The topological polar surface area (TPSA) is 56.5 Å². The summed E-state index contributed by atoms with van der Waals surface area (Å²) in [5.41, 5.74) is 10.8. The average molecular weight is 790 g/mol. The molecule has 0 aliphatic carbocycles. The predicted molar refractivity (Wildman–Crippen MR) is 247 cm³/mol. The van der Waals surface area contributed by atoms with E-state index in [0.717, 1.165) is 54.6 Å². The lowest BCUT2D eigenvalue weighted by molar-refractivity contribution is 0.953. The van der Waals surface area contributed by atoms with Gasteiger partial charge >= 0.3 is 0 Å². The van der Waals surface area contributed by atoms with Gasteiger partial charge in [-0.05, 0) is 70.8 Å². The van der Waals surface area contributed by atoms with Gasteiger partial charge < -0.3 is 0 Å². The Morgan fingerprint density at radius 1 is 0.356 bits per heavy atom. The van der Waals surface area contributed by atoms with Gasteiger partial charge in [-0.3, -0.25) is 4.57 Å². The number of hydrogen-bond acceptors (Lipinski definition) is 6. The van der Waals surface area contributed by atoms with Crippen LogP contribution >= 0.6 is 22.7 Å². The second-order valence-corrected chi connectivity index (χ2v) is 16.7. The summed E-state index contributed by atoms with van der Waals surface area (Å²) < 4.78 is 5.88. The fourth-order valence-corrected chi connectivity index (χ4v) is 10.5. The van der Waals surface area contributed by atoms with Crippen LogP contribution < -0.4 is 0 Å². The van der Waals surface area contributed by atoms with E-state index in [1.807, 2.05) is 35.6 Å². The van der Waals surface area contributed by atoms with E-state index in [0.29, 0.717) is 17.6 Å². The largest absolute Gasteiger partial charge is 0.278 e. The summed E-state index contributed by atoms with van der Waals surface area (Å²) in [7, 11) is 0. The molecule has 0 radical (unpaired) electrons. The number of benzene rings is 8. The van der Waals surface area contributed by atoms with E-state index in [2.05, 4.69) is 168 Å². The fourth-order valence-electron chi connectivity index (χ4n) is 8.31. The second kappa shape index (κ2) is 13.7. The van der Waals surface area contributed by atoms with Gasteiger partial charge in [0.15, 0.2) is 11.6 Å². The minimum Gasteiger partial charge on any atom is -0.278 e. The molecule has 0 spiro atoms. The molecule has 4 aromatic heterocycles. The highest BCUT2D eigenvalue weighted by atomic mass is 32.1. The first-order valence-electron chi connectivity index (χ1n) is 19.5. The lowest BCUT2D eigenvalue weighted by Crippen LogP contribution is -2.06. The van der Waals surface area contributed by atoms with Crippen LogP contribution in [0.1, 0.15) is 0 Å². The molecular formula is C52H31N5S2. The zero-order chi connectivity index (χ0) is 38.9. The molecule has 276 valence electrons. The van der Waals surface area contributed by atoms with E-state index in [1.165, 1.54) is 41.6 Å². The molecule has 0 atom stereocenters. The molecule has 7 heteroatoms. The Labute approximate surface area is 347 Å². The highest BCUT2D eigenvalue weighted by molar-refractivity contribution is 7.26. The minimum atomic E-state index is 0.588. The van der Waals surface area contributed by atoms with Crippen LogP contribution in [0, 0.1) is 0 Å². The lowest BCUT2D eigenvalue weighted by Gasteiger charge is -2.12. The first-order chi connectivity index (χ1) is 29.2. The van der Waals surface area contributed by atoms with Crippen LogP contribution in [0.25, 0.3) is 114 Å². The predicted octanol–water partition coefficient (Wildman–Crippen LogP) is 14.3. The summed E-state index contributed by atoms with van der Waals surface area (Å²) in [6.07, 6.45) is 0. The Balaban J connectivity index is 0.965. The zero-order valence-corrected chi connectivity index (χ0v) is 33.1. The van der Waals surface area contributed by atoms with E-state index < -0.39 is 0 Å². The fraction of sp³-hybridized carbons (Fsp3) is 0. The first-order valence-corrected chi connectivity index (χ1v) is 21.2. The highest BCUT2D eigenvalue weighted by Gasteiger charge is 2.19. The zero-order valence-electron chi connectivity index (χ0n) is 31.5.